The van der Waals surface area contributed by atoms with Crippen LogP contribution in [-0.4, -0.2) is 57.9 Å². The molecule has 0 bridgehead atoms. The van der Waals surface area contributed by atoms with E-state index in [9.17, 15) is 38.2 Å². The van der Waals surface area contributed by atoms with Gasteiger partial charge in [0.05, 0.1) is 6.61 Å². The van der Waals surface area contributed by atoms with Crippen molar-refractivity contribution in [2.75, 3.05) is 6.61 Å². The number of rotatable bonds is 10. The Balaban J connectivity index is 2.25. The van der Waals surface area contributed by atoms with Gasteiger partial charge in [0.15, 0.2) is 6.23 Å². The van der Waals surface area contributed by atoms with Crippen molar-refractivity contribution in [3.05, 3.63) is 33.1 Å². The van der Waals surface area contributed by atoms with E-state index in [-0.39, 0.29) is 6.42 Å². The predicted octanol–water partition coefficient (Wildman–Crippen LogP) is -0.0841. The number of aliphatic hydroxyl groups excluding tert-OH is 1. The average Bonchev–Trinajstić information content (AvgIpc) is 2.83. The fraction of sp³-hybridized carbons (Fsp3) is 0.667. The molecule has 1 aromatic rings. The highest BCUT2D eigenvalue weighted by atomic mass is 35.5. The molecule has 2 unspecified atom stereocenters. The molecular formula is C12H20ClN2O14P3. The zero-order valence-corrected chi connectivity index (χ0v) is 19.5. The summed E-state index contributed by atoms with van der Waals surface area (Å²) in [6.07, 6.45) is -1.67. The molecule has 0 spiro atoms. The van der Waals surface area contributed by atoms with Crippen molar-refractivity contribution in [1.29, 1.82) is 0 Å². The van der Waals surface area contributed by atoms with E-state index in [0.717, 1.165) is 16.8 Å². The number of aromatic amines is 1. The number of aromatic nitrogens is 2. The van der Waals surface area contributed by atoms with Crippen LogP contribution in [0.25, 0.3) is 0 Å². The molecule has 1 aromatic heterocycles. The minimum absolute atomic E-state index is 0.0538. The van der Waals surface area contributed by atoms with E-state index in [1.54, 1.807) is 6.92 Å². The number of halogens is 1. The number of H-pyrrole nitrogens is 1. The number of nitrogens with zero attached hydrogens (tertiary/aromatic N) is 1. The van der Waals surface area contributed by atoms with E-state index >= 15 is 0 Å². The maximum absolute atomic E-state index is 12.1. The molecule has 1 aliphatic rings. The predicted molar refractivity (Wildman–Crippen MR) is 105 cm³/mol. The van der Waals surface area contributed by atoms with Crippen LogP contribution in [0.4, 0.5) is 0 Å². The van der Waals surface area contributed by atoms with Crippen molar-refractivity contribution >= 4 is 35.1 Å². The Hall–Kier alpha value is -0.700. The fourth-order valence-electron chi connectivity index (χ4n) is 2.97. The number of alkyl halides is 1. The minimum Gasteiger partial charge on any atom is -0.388 e. The van der Waals surface area contributed by atoms with Crippen LogP contribution in [0.15, 0.2) is 21.9 Å². The second-order valence-corrected chi connectivity index (χ2v) is 11.5. The van der Waals surface area contributed by atoms with Gasteiger partial charge in [-0.15, -0.1) is 11.6 Å². The summed E-state index contributed by atoms with van der Waals surface area (Å²) in [6.45, 7) is 0.676. The van der Waals surface area contributed by atoms with Gasteiger partial charge in [-0.2, -0.15) is 8.62 Å². The zero-order chi connectivity index (χ0) is 24.5. The summed E-state index contributed by atoms with van der Waals surface area (Å²) in [5, 5.41) is 9.32. The maximum atomic E-state index is 12.1. The maximum Gasteiger partial charge on any atom is 0.490 e. The highest BCUT2D eigenvalue weighted by Crippen LogP contribution is 2.66. The van der Waals surface area contributed by atoms with Crippen molar-refractivity contribution in [2.24, 2.45) is 0 Å². The number of phosphoric acid groups is 3. The monoisotopic (exact) mass is 544 g/mol. The van der Waals surface area contributed by atoms with E-state index < -0.39 is 64.6 Å². The van der Waals surface area contributed by atoms with Gasteiger partial charge in [-0.3, -0.25) is 18.9 Å². The van der Waals surface area contributed by atoms with Gasteiger partial charge in [-0.05, 0) is 6.42 Å². The molecule has 0 aliphatic carbocycles. The first-order valence-corrected chi connectivity index (χ1v) is 13.6. The number of phosphoric ester groups is 1. The van der Waals surface area contributed by atoms with E-state index in [2.05, 4.69) is 13.1 Å². The second-order valence-electron chi connectivity index (χ2n) is 6.59. The van der Waals surface area contributed by atoms with Gasteiger partial charge >= 0.3 is 29.2 Å². The molecule has 0 amide bonds. The van der Waals surface area contributed by atoms with Gasteiger partial charge in [-0.1, -0.05) is 13.3 Å². The number of ether oxygens (including phenoxy) is 1. The third-order valence-corrected chi connectivity index (χ3v) is 8.39. The highest BCUT2D eigenvalue weighted by Gasteiger charge is 2.56. The SMILES string of the molecule is CCC[C@]1(COP(=O)(O)OP(=O)(O)OP(=O)(O)O)O[C@@H](n2ccc(=O)[nH]c2=O)[C@H](Cl)[C@@H]1O. The Kier molecular flexibility index (Phi) is 8.51. The van der Waals surface area contributed by atoms with E-state index in [0.29, 0.717) is 6.42 Å². The highest BCUT2D eigenvalue weighted by molar-refractivity contribution is 7.66. The first-order chi connectivity index (χ1) is 14.5. The van der Waals surface area contributed by atoms with Crippen molar-refractivity contribution in [1.82, 2.24) is 9.55 Å². The molecular weight excluding hydrogens is 525 g/mol. The largest absolute Gasteiger partial charge is 0.490 e. The first-order valence-electron chi connectivity index (χ1n) is 8.61. The Morgan fingerprint density at radius 3 is 2.34 bits per heavy atom. The van der Waals surface area contributed by atoms with Crippen LogP contribution in [0.2, 0.25) is 0 Å². The van der Waals surface area contributed by atoms with E-state index in [1.807, 2.05) is 4.98 Å². The summed E-state index contributed by atoms with van der Waals surface area (Å²) >= 11 is 6.19. The van der Waals surface area contributed by atoms with Crippen molar-refractivity contribution in [3.63, 3.8) is 0 Å². The van der Waals surface area contributed by atoms with Gasteiger partial charge in [-0.25, -0.2) is 18.5 Å². The van der Waals surface area contributed by atoms with Crippen LogP contribution in [-0.2, 0) is 31.6 Å². The standard InChI is InChI=1S/C12H20ClN2O14P3/c1-2-4-12(6-26-31(22,23)29-32(24,25)28-30(19,20)21)9(17)8(13)10(27-12)15-5-3-7(16)14-11(15)18/h3,5,8-10,17H,2,4,6H2,1H3,(H,22,23)(H,24,25)(H,14,16,18)(H2,19,20,21)/t8-,9+,10-,12-/m1/s1. The summed E-state index contributed by atoms with van der Waals surface area (Å²) in [5.41, 5.74) is -3.45. The van der Waals surface area contributed by atoms with Gasteiger partial charge in [0.25, 0.3) is 5.56 Å². The summed E-state index contributed by atoms with van der Waals surface area (Å²) in [5.74, 6) is 0. The topological polar surface area (TPSA) is 244 Å². The summed E-state index contributed by atoms with van der Waals surface area (Å²) in [6, 6.07) is 0.993. The molecule has 1 aliphatic heterocycles. The first kappa shape index (κ1) is 27.5. The molecule has 184 valence electrons. The molecule has 1 saturated heterocycles. The molecule has 16 nitrogen and oxygen atoms in total. The lowest BCUT2D eigenvalue weighted by atomic mass is 9.92. The van der Waals surface area contributed by atoms with Crippen LogP contribution in [0.1, 0.15) is 26.0 Å². The van der Waals surface area contributed by atoms with Gasteiger partial charge < -0.3 is 29.4 Å². The van der Waals surface area contributed by atoms with Crippen LogP contribution < -0.4 is 11.2 Å². The molecule has 2 heterocycles. The van der Waals surface area contributed by atoms with Gasteiger partial charge in [0, 0.05) is 12.3 Å². The molecule has 1 fully saturated rings. The Morgan fingerprint density at radius 1 is 1.19 bits per heavy atom. The van der Waals surface area contributed by atoms with E-state index in [4.69, 9.17) is 26.1 Å². The minimum atomic E-state index is -5.74. The Morgan fingerprint density at radius 2 is 1.81 bits per heavy atom. The zero-order valence-electron chi connectivity index (χ0n) is 16.1. The molecule has 6 N–H and O–H groups in total. The Bertz CT molecular complexity index is 1090. The van der Waals surface area contributed by atoms with Crippen molar-refractivity contribution < 1.29 is 56.3 Å². The summed E-state index contributed by atoms with van der Waals surface area (Å²) in [4.78, 5) is 61.3. The third kappa shape index (κ3) is 6.90. The molecule has 32 heavy (non-hydrogen) atoms. The quantitative estimate of drug-likeness (QED) is 0.167. The number of hydrogen-bond acceptors (Lipinski definition) is 10. The van der Waals surface area contributed by atoms with Crippen LogP contribution in [0, 0.1) is 0 Å². The summed E-state index contributed by atoms with van der Waals surface area (Å²) in [7, 11) is -16.8. The van der Waals surface area contributed by atoms with E-state index in [1.165, 1.54) is 0 Å². The lowest BCUT2D eigenvalue weighted by Crippen LogP contribution is -2.45. The number of hydrogen-bond donors (Lipinski definition) is 6. The lowest BCUT2D eigenvalue weighted by molar-refractivity contribution is -0.130. The average molecular weight is 545 g/mol. The number of nitrogens with one attached hydrogen (secondary N) is 1. The smallest absolute Gasteiger partial charge is 0.388 e. The Labute approximate surface area is 184 Å². The van der Waals surface area contributed by atoms with Crippen LogP contribution >= 0.6 is 35.1 Å². The second kappa shape index (κ2) is 9.88. The van der Waals surface area contributed by atoms with Crippen LogP contribution in [0.5, 0.6) is 0 Å². The fourth-order valence-corrected chi connectivity index (χ4v) is 6.45. The molecule has 6 atom stereocenters. The molecule has 0 radical (unpaired) electrons. The molecule has 0 aromatic carbocycles. The van der Waals surface area contributed by atoms with Gasteiger partial charge in [0.2, 0.25) is 0 Å². The van der Waals surface area contributed by atoms with Crippen molar-refractivity contribution in [2.45, 2.75) is 43.1 Å². The lowest BCUT2D eigenvalue weighted by Gasteiger charge is -2.32. The third-order valence-electron chi connectivity index (χ3n) is 4.15. The molecule has 0 saturated carbocycles. The van der Waals surface area contributed by atoms with Crippen LogP contribution in [0.3, 0.4) is 0 Å². The summed E-state index contributed by atoms with van der Waals surface area (Å²) < 4.78 is 52.6. The van der Waals surface area contributed by atoms with Gasteiger partial charge in [0.1, 0.15) is 17.1 Å². The van der Waals surface area contributed by atoms with Crippen molar-refractivity contribution in [3.8, 4) is 0 Å². The number of aliphatic hydroxyl groups is 1. The molecule has 20 heteroatoms. The molecule has 2 rings (SSSR count). The normalized spacial score (nSPS) is 30.0.